The fourth-order valence-electron chi connectivity index (χ4n) is 2.52. The molecule has 0 heterocycles. The number of rotatable bonds is 4. The summed E-state index contributed by atoms with van der Waals surface area (Å²) in [6, 6.07) is 14.8. The Labute approximate surface area is 150 Å². The molecule has 3 nitrogen and oxygen atoms in total. The van der Waals surface area contributed by atoms with Crippen molar-refractivity contribution in [1.82, 2.24) is 0 Å². The zero-order chi connectivity index (χ0) is 18.9. The van der Waals surface area contributed by atoms with Crippen LogP contribution in [-0.4, -0.2) is 14.7 Å². The van der Waals surface area contributed by atoms with Gasteiger partial charge in [0.25, 0.3) is 0 Å². The number of halogens is 2. The Balaban J connectivity index is 2.03. The fourth-order valence-corrected chi connectivity index (χ4v) is 3.15. The molecule has 3 aromatic carbocycles. The summed E-state index contributed by atoms with van der Waals surface area (Å²) in [5.41, 5.74) is 2.35. The minimum Gasteiger partial charge on any atom is -0.454 e. The first kappa shape index (κ1) is 18.1. The molecule has 0 aliphatic carbocycles. The van der Waals surface area contributed by atoms with Crippen molar-refractivity contribution in [3.05, 3.63) is 77.9 Å². The minimum absolute atomic E-state index is 0.0933. The Kier molecular flexibility index (Phi) is 4.78. The molecule has 0 atom stereocenters. The predicted octanol–water partition coefficient (Wildman–Crippen LogP) is 5.14. The van der Waals surface area contributed by atoms with Crippen molar-refractivity contribution in [2.24, 2.45) is 0 Å². The van der Waals surface area contributed by atoms with Crippen molar-refractivity contribution in [3.63, 3.8) is 0 Å². The lowest BCUT2D eigenvalue weighted by atomic mass is 10.0. The quantitative estimate of drug-likeness (QED) is 0.635. The first-order valence-corrected chi connectivity index (χ1v) is 9.67. The van der Waals surface area contributed by atoms with Crippen LogP contribution in [0.3, 0.4) is 0 Å². The van der Waals surface area contributed by atoms with E-state index in [1.165, 1.54) is 18.2 Å². The van der Waals surface area contributed by atoms with Gasteiger partial charge in [0.05, 0.1) is 4.90 Å². The third kappa shape index (κ3) is 3.91. The fraction of sp³-hybridized carbons (Fsp3) is 0.100. The van der Waals surface area contributed by atoms with E-state index in [2.05, 4.69) is 0 Å². The van der Waals surface area contributed by atoms with E-state index in [1.54, 1.807) is 18.2 Å². The number of hydrogen-bond donors (Lipinski definition) is 0. The molecule has 0 aliphatic rings. The third-order valence-corrected chi connectivity index (χ3v) is 4.97. The minimum atomic E-state index is -3.29. The Morgan fingerprint density at radius 2 is 1.50 bits per heavy atom. The highest BCUT2D eigenvalue weighted by atomic mass is 32.2. The van der Waals surface area contributed by atoms with Crippen molar-refractivity contribution < 1.29 is 21.9 Å². The third-order valence-electron chi connectivity index (χ3n) is 3.84. The van der Waals surface area contributed by atoms with Gasteiger partial charge in [0, 0.05) is 17.9 Å². The number of aryl methyl sites for hydroxylation is 1. The van der Waals surface area contributed by atoms with E-state index in [1.807, 2.05) is 19.1 Å². The molecular formula is C20H16F2O3S. The Bertz CT molecular complexity index is 1060. The maximum absolute atomic E-state index is 13.9. The van der Waals surface area contributed by atoms with Crippen LogP contribution >= 0.6 is 0 Å². The molecule has 0 saturated carbocycles. The molecule has 3 aromatic rings. The van der Waals surface area contributed by atoms with Crippen molar-refractivity contribution in [2.45, 2.75) is 11.8 Å². The maximum atomic E-state index is 13.9. The Morgan fingerprint density at radius 1 is 0.846 bits per heavy atom. The maximum Gasteiger partial charge on any atom is 0.175 e. The molecule has 0 amide bonds. The van der Waals surface area contributed by atoms with Crippen molar-refractivity contribution >= 4 is 9.84 Å². The van der Waals surface area contributed by atoms with Gasteiger partial charge in [-0.3, -0.25) is 0 Å². The van der Waals surface area contributed by atoms with Crippen molar-refractivity contribution in [3.8, 4) is 22.6 Å². The predicted molar refractivity (Wildman–Crippen MR) is 96.2 cm³/mol. The molecule has 0 unspecified atom stereocenters. The van der Waals surface area contributed by atoms with Gasteiger partial charge >= 0.3 is 0 Å². The number of hydrogen-bond acceptors (Lipinski definition) is 3. The summed E-state index contributed by atoms with van der Waals surface area (Å²) < 4.78 is 55.8. The van der Waals surface area contributed by atoms with Gasteiger partial charge in [0.1, 0.15) is 11.6 Å². The second-order valence-corrected chi connectivity index (χ2v) is 7.99. The van der Waals surface area contributed by atoms with E-state index in [4.69, 9.17) is 4.74 Å². The first-order chi connectivity index (χ1) is 12.2. The van der Waals surface area contributed by atoms with Gasteiger partial charge < -0.3 is 4.74 Å². The molecule has 0 bridgehead atoms. The van der Waals surface area contributed by atoms with Crippen molar-refractivity contribution in [1.29, 1.82) is 0 Å². The van der Waals surface area contributed by atoms with Crippen LogP contribution in [0.2, 0.25) is 0 Å². The normalized spacial score (nSPS) is 11.4. The van der Waals surface area contributed by atoms with Crippen LogP contribution in [0.25, 0.3) is 11.1 Å². The Morgan fingerprint density at radius 3 is 2.12 bits per heavy atom. The molecule has 0 spiro atoms. The van der Waals surface area contributed by atoms with Gasteiger partial charge in [0.15, 0.2) is 21.4 Å². The van der Waals surface area contributed by atoms with Gasteiger partial charge in [-0.25, -0.2) is 17.2 Å². The molecule has 0 saturated heterocycles. The summed E-state index contributed by atoms with van der Waals surface area (Å²) >= 11 is 0. The van der Waals surface area contributed by atoms with E-state index < -0.39 is 21.5 Å². The highest BCUT2D eigenvalue weighted by Crippen LogP contribution is 2.35. The molecule has 0 fully saturated rings. The molecule has 6 heteroatoms. The monoisotopic (exact) mass is 374 g/mol. The molecule has 0 N–H and O–H groups in total. The van der Waals surface area contributed by atoms with Gasteiger partial charge in [-0.15, -0.1) is 0 Å². The number of sulfone groups is 1. The van der Waals surface area contributed by atoms with Gasteiger partial charge in [-0.05, 0) is 48.9 Å². The van der Waals surface area contributed by atoms with E-state index in [-0.39, 0.29) is 10.6 Å². The zero-order valence-electron chi connectivity index (χ0n) is 14.2. The SMILES string of the molecule is Cc1ccc(Oc2ccc(F)cc2F)c(-c2ccc(S(C)(=O)=O)cc2)c1. The summed E-state index contributed by atoms with van der Waals surface area (Å²) in [6.07, 6.45) is 1.14. The molecule has 26 heavy (non-hydrogen) atoms. The standard InChI is InChI=1S/C20H16F2O3S/c1-13-3-9-19(25-20-10-6-15(21)12-18(20)22)17(11-13)14-4-7-16(8-5-14)26(2,23)24/h3-12H,1-2H3. The summed E-state index contributed by atoms with van der Waals surface area (Å²) in [7, 11) is -3.29. The van der Waals surface area contributed by atoms with Crippen LogP contribution < -0.4 is 4.74 Å². The summed E-state index contributed by atoms with van der Waals surface area (Å²) in [4.78, 5) is 0.209. The summed E-state index contributed by atoms with van der Waals surface area (Å²) in [6.45, 7) is 1.90. The molecular weight excluding hydrogens is 358 g/mol. The Hall–Kier alpha value is -2.73. The summed E-state index contributed by atoms with van der Waals surface area (Å²) in [5, 5.41) is 0. The largest absolute Gasteiger partial charge is 0.454 e. The average Bonchev–Trinajstić information content (AvgIpc) is 2.58. The highest BCUT2D eigenvalue weighted by molar-refractivity contribution is 7.90. The highest BCUT2D eigenvalue weighted by Gasteiger charge is 2.13. The van der Waals surface area contributed by atoms with Crippen LogP contribution in [0.15, 0.2) is 65.6 Å². The second-order valence-electron chi connectivity index (χ2n) is 5.97. The molecule has 0 radical (unpaired) electrons. The molecule has 0 aliphatic heterocycles. The smallest absolute Gasteiger partial charge is 0.175 e. The first-order valence-electron chi connectivity index (χ1n) is 7.78. The second kappa shape index (κ2) is 6.88. The van der Waals surface area contributed by atoms with Crippen LogP contribution in [0.4, 0.5) is 8.78 Å². The van der Waals surface area contributed by atoms with E-state index in [0.717, 1.165) is 29.5 Å². The van der Waals surface area contributed by atoms with E-state index in [9.17, 15) is 17.2 Å². The topological polar surface area (TPSA) is 43.4 Å². The van der Waals surface area contributed by atoms with E-state index >= 15 is 0 Å². The lowest BCUT2D eigenvalue weighted by Gasteiger charge is -2.13. The zero-order valence-corrected chi connectivity index (χ0v) is 15.0. The van der Waals surface area contributed by atoms with Crippen molar-refractivity contribution in [2.75, 3.05) is 6.26 Å². The van der Waals surface area contributed by atoms with Gasteiger partial charge in [-0.1, -0.05) is 23.8 Å². The summed E-state index contributed by atoms with van der Waals surface area (Å²) in [5.74, 6) is -1.20. The van der Waals surface area contributed by atoms with Crippen LogP contribution in [0.1, 0.15) is 5.56 Å². The molecule has 134 valence electrons. The van der Waals surface area contributed by atoms with Gasteiger partial charge in [-0.2, -0.15) is 0 Å². The average molecular weight is 374 g/mol. The van der Waals surface area contributed by atoms with Gasteiger partial charge in [0.2, 0.25) is 0 Å². The number of ether oxygens (including phenoxy) is 1. The number of benzene rings is 3. The molecule has 3 rings (SSSR count). The van der Waals surface area contributed by atoms with Crippen LogP contribution in [0.5, 0.6) is 11.5 Å². The van der Waals surface area contributed by atoms with Crippen LogP contribution in [-0.2, 0) is 9.84 Å². The lowest BCUT2D eigenvalue weighted by molar-refractivity contribution is 0.439. The molecule has 0 aromatic heterocycles. The van der Waals surface area contributed by atoms with E-state index in [0.29, 0.717) is 11.3 Å². The van der Waals surface area contributed by atoms with Crippen LogP contribution in [0, 0.1) is 18.6 Å². The lowest BCUT2D eigenvalue weighted by Crippen LogP contribution is -1.97.